The van der Waals surface area contributed by atoms with Gasteiger partial charge >= 0.3 is 0 Å². The Morgan fingerprint density at radius 3 is 2.75 bits per heavy atom. The molecule has 3 rings (SSSR count). The second-order valence-electron chi connectivity index (χ2n) is 6.42. The second kappa shape index (κ2) is 6.73. The lowest BCUT2D eigenvalue weighted by molar-refractivity contribution is 0.105. The molecule has 2 fully saturated rings. The van der Waals surface area contributed by atoms with Gasteiger partial charge < -0.3 is 5.32 Å². The van der Waals surface area contributed by atoms with Gasteiger partial charge in [-0.25, -0.2) is 0 Å². The Bertz CT molecular complexity index is 429. The fourth-order valence-corrected chi connectivity index (χ4v) is 4.12. The number of benzene rings is 1. The van der Waals surface area contributed by atoms with Crippen molar-refractivity contribution in [2.75, 3.05) is 13.1 Å². The summed E-state index contributed by atoms with van der Waals surface area (Å²) in [5.74, 6) is 0.990. The molecule has 1 aliphatic heterocycles. The Morgan fingerprint density at radius 2 is 1.90 bits per heavy atom. The fourth-order valence-electron chi connectivity index (χ4n) is 4.12. The minimum absolute atomic E-state index is 0.871. The molecule has 2 unspecified atom stereocenters. The van der Waals surface area contributed by atoms with Crippen molar-refractivity contribution in [3.8, 4) is 0 Å². The van der Waals surface area contributed by atoms with E-state index in [0.717, 1.165) is 31.6 Å². The highest BCUT2D eigenvalue weighted by molar-refractivity contribution is 5.27. The van der Waals surface area contributed by atoms with E-state index >= 15 is 0 Å². The molecule has 2 aliphatic rings. The Balaban J connectivity index is 1.70. The minimum atomic E-state index is 0.871. The Labute approximate surface area is 123 Å². The zero-order chi connectivity index (χ0) is 13.8. The molecule has 0 spiro atoms. The predicted octanol–water partition coefficient (Wildman–Crippen LogP) is 3.56. The molecule has 0 amide bonds. The van der Waals surface area contributed by atoms with Crippen LogP contribution in [0.5, 0.6) is 0 Å². The van der Waals surface area contributed by atoms with E-state index in [1.165, 1.54) is 49.8 Å². The van der Waals surface area contributed by atoms with Crippen molar-refractivity contribution >= 4 is 0 Å². The normalized spacial score (nSPS) is 26.6. The lowest BCUT2D eigenvalue weighted by Crippen LogP contribution is -2.42. The molecule has 1 saturated carbocycles. The predicted molar refractivity (Wildman–Crippen MR) is 84.6 cm³/mol. The van der Waals surface area contributed by atoms with Crippen molar-refractivity contribution in [1.29, 1.82) is 0 Å². The van der Waals surface area contributed by atoms with Gasteiger partial charge in [0.15, 0.2) is 0 Å². The summed E-state index contributed by atoms with van der Waals surface area (Å²) in [7, 11) is 0. The lowest BCUT2D eigenvalue weighted by atomic mass is 9.91. The molecule has 110 valence electrons. The van der Waals surface area contributed by atoms with Crippen molar-refractivity contribution in [3.05, 3.63) is 35.4 Å². The second-order valence-corrected chi connectivity index (χ2v) is 6.42. The average Bonchev–Trinajstić information content (AvgIpc) is 2.96. The fraction of sp³-hybridized carbons (Fsp3) is 0.667. The first kappa shape index (κ1) is 14.1. The first-order valence-electron chi connectivity index (χ1n) is 8.40. The molecule has 1 aliphatic carbocycles. The summed E-state index contributed by atoms with van der Waals surface area (Å²) < 4.78 is 0. The molecule has 1 aromatic carbocycles. The summed E-state index contributed by atoms with van der Waals surface area (Å²) >= 11 is 0. The van der Waals surface area contributed by atoms with Crippen molar-refractivity contribution in [3.63, 3.8) is 0 Å². The van der Waals surface area contributed by atoms with Crippen molar-refractivity contribution in [2.24, 2.45) is 5.92 Å². The maximum absolute atomic E-state index is 3.47. The molecular formula is C18H28N2. The number of likely N-dealkylation sites (tertiary alicyclic amines) is 1. The van der Waals surface area contributed by atoms with Gasteiger partial charge in [0.1, 0.15) is 0 Å². The summed E-state index contributed by atoms with van der Waals surface area (Å²) in [6.07, 6.45) is 7.22. The highest BCUT2D eigenvalue weighted by Gasteiger charge is 2.34. The van der Waals surface area contributed by atoms with E-state index in [4.69, 9.17) is 0 Å². The Kier molecular flexibility index (Phi) is 4.74. The van der Waals surface area contributed by atoms with Crippen LogP contribution in [0.1, 0.15) is 50.2 Å². The zero-order valence-corrected chi connectivity index (χ0v) is 12.8. The maximum atomic E-state index is 3.47. The highest BCUT2D eigenvalue weighted by atomic mass is 15.2. The third-order valence-electron chi connectivity index (χ3n) is 5.17. The zero-order valence-electron chi connectivity index (χ0n) is 12.8. The number of nitrogens with zero attached hydrogens (tertiary/aromatic N) is 1. The van der Waals surface area contributed by atoms with Gasteiger partial charge in [-0.1, -0.05) is 37.6 Å². The van der Waals surface area contributed by atoms with Gasteiger partial charge in [-0.05, 0) is 55.8 Å². The summed E-state index contributed by atoms with van der Waals surface area (Å²) in [6.45, 7) is 6.69. The number of hydrogen-bond donors (Lipinski definition) is 1. The Hall–Kier alpha value is -0.860. The Morgan fingerprint density at radius 1 is 1.10 bits per heavy atom. The molecular weight excluding hydrogens is 244 g/mol. The van der Waals surface area contributed by atoms with Gasteiger partial charge in [0.25, 0.3) is 0 Å². The van der Waals surface area contributed by atoms with E-state index in [0.29, 0.717) is 0 Å². The lowest BCUT2D eigenvalue weighted by Gasteiger charge is -2.38. The molecule has 2 heteroatoms. The van der Waals surface area contributed by atoms with Crippen LogP contribution in [0.15, 0.2) is 24.3 Å². The van der Waals surface area contributed by atoms with Crippen LogP contribution >= 0.6 is 0 Å². The topological polar surface area (TPSA) is 15.3 Å². The third-order valence-corrected chi connectivity index (χ3v) is 5.17. The van der Waals surface area contributed by atoms with Crippen LogP contribution in [0.4, 0.5) is 0 Å². The van der Waals surface area contributed by atoms with Gasteiger partial charge in [-0.3, -0.25) is 4.90 Å². The highest BCUT2D eigenvalue weighted by Crippen LogP contribution is 2.37. The molecule has 0 bridgehead atoms. The van der Waals surface area contributed by atoms with Crippen LogP contribution < -0.4 is 5.32 Å². The van der Waals surface area contributed by atoms with Crippen LogP contribution in [-0.2, 0) is 13.1 Å². The van der Waals surface area contributed by atoms with Gasteiger partial charge in [-0.2, -0.15) is 0 Å². The molecule has 2 atom stereocenters. The first-order valence-corrected chi connectivity index (χ1v) is 8.40. The SMILES string of the molecule is CCNCc1ccccc1CN1CCCC2CCCC21. The van der Waals surface area contributed by atoms with Gasteiger partial charge in [-0.15, -0.1) is 0 Å². The van der Waals surface area contributed by atoms with E-state index in [2.05, 4.69) is 41.4 Å². The van der Waals surface area contributed by atoms with E-state index in [1.54, 1.807) is 0 Å². The molecule has 1 aromatic rings. The largest absolute Gasteiger partial charge is 0.313 e. The number of hydrogen-bond acceptors (Lipinski definition) is 2. The summed E-state index contributed by atoms with van der Waals surface area (Å²) in [5.41, 5.74) is 3.01. The van der Waals surface area contributed by atoms with Crippen molar-refractivity contribution < 1.29 is 0 Å². The molecule has 0 aromatic heterocycles. The van der Waals surface area contributed by atoms with Gasteiger partial charge in [0.05, 0.1) is 0 Å². The van der Waals surface area contributed by atoms with Crippen molar-refractivity contribution in [1.82, 2.24) is 10.2 Å². The quantitative estimate of drug-likeness (QED) is 0.881. The van der Waals surface area contributed by atoms with E-state index in [-0.39, 0.29) is 0 Å². The summed E-state index contributed by atoms with van der Waals surface area (Å²) in [6, 6.07) is 9.85. The summed E-state index contributed by atoms with van der Waals surface area (Å²) in [4.78, 5) is 2.77. The van der Waals surface area contributed by atoms with Crippen LogP contribution in [-0.4, -0.2) is 24.0 Å². The number of rotatable bonds is 5. The van der Waals surface area contributed by atoms with E-state index in [1.807, 2.05) is 0 Å². The third kappa shape index (κ3) is 3.07. The van der Waals surface area contributed by atoms with Crippen LogP contribution in [0.2, 0.25) is 0 Å². The average molecular weight is 272 g/mol. The van der Waals surface area contributed by atoms with E-state index < -0.39 is 0 Å². The number of fused-ring (bicyclic) bond motifs is 1. The number of nitrogens with one attached hydrogen (secondary N) is 1. The van der Waals surface area contributed by atoms with Gasteiger partial charge in [0, 0.05) is 19.1 Å². The number of piperidine rings is 1. The van der Waals surface area contributed by atoms with Crippen LogP contribution in [0, 0.1) is 5.92 Å². The van der Waals surface area contributed by atoms with Crippen molar-refractivity contribution in [2.45, 2.75) is 58.2 Å². The molecule has 1 N–H and O–H groups in total. The standard InChI is InChI=1S/C18H28N2/c1-2-19-13-16-7-3-4-8-17(16)14-20-12-6-10-15-9-5-11-18(15)20/h3-4,7-8,15,18-19H,2,5-6,9-14H2,1H3. The van der Waals surface area contributed by atoms with Gasteiger partial charge in [0.2, 0.25) is 0 Å². The molecule has 1 heterocycles. The van der Waals surface area contributed by atoms with Crippen LogP contribution in [0.25, 0.3) is 0 Å². The maximum Gasteiger partial charge on any atom is 0.0240 e. The molecule has 0 radical (unpaired) electrons. The monoisotopic (exact) mass is 272 g/mol. The molecule has 2 nitrogen and oxygen atoms in total. The molecule has 20 heavy (non-hydrogen) atoms. The first-order chi connectivity index (χ1) is 9.88. The molecule has 1 saturated heterocycles. The smallest absolute Gasteiger partial charge is 0.0240 e. The van der Waals surface area contributed by atoms with Crippen LogP contribution in [0.3, 0.4) is 0 Å². The van der Waals surface area contributed by atoms with E-state index in [9.17, 15) is 0 Å². The minimum Gasteiger partial charge on any atom is -0.313 e. The summed E-state index contributed by atoms with van der Waals surface area (Å²) in [5, 5.41) is 3.47.